The Hall–Kier alpha value is -2.18. The van der Waals surface area contributed by atoms with E-state index in [-0.39, 0.29) is 26.6 Å². The van der Waals surface area contributed by atoms with Gasteiger partial charge in [-0.1, -0.05) is 34.8 Å². The van der Waals surface area contributed by atoms with Gasteiger partial charge in [-0.3, -0.25) is 0 Å². The Labute approximate surface area is 208 Å². The van der Waals surface area contributed by atoms with Gasteiger partial charge in [0.15, 0.2) is 23.8 Å². The smallest absolute Gasteiger partial charge is 0.164 e. The first-order valence-electron chi connectivity index (χ1n) is 9.83. The molecule has 0 unspecified atom stereocenters. The first-order chi connectivity index (χ1) is 16.2. The summed E-state index contributed by atoms with van der Waals surface area (Å²) in [5.41, 5.74) is 0.826. The quantitative estimate of drug-likeness (QED) is 0.247. The van der Waals surface area contributed by atoms with Gasteiger partial charge >= 0.3 is 0 Å². The number of alkyl halides is 1. The molecule has 0 bridgehead atoms. The SMILES string of the molecule is COc1cc2c(Nc3ccc(Cl)c(Cl)c3Cl)ncnc2cc1O[C@H](CO)[C@H](O)[C@@H](O)[C@H](F)CO. The maximum absolute atomic E-state index is 13.6. The van der Waals surface area contributed by atoms with E-state index < -0.39 is 37.7 Å². The largest absolute Gasteiger partial charge is 0.493 e. The van der Waals surface area contributed by atoms with Crippen LogP contribution in [0.15, 0.2) is 30.6 Å². The molecule has 0 aliphatic heterocycles. The predicted octanol–water partition coefficient (Wildman–Crippen LogP) is 3.13. The number of benzene rings is 2. The number of hydrogen-bond donors (Lipinski definition) is 5. The molecule has 1 aromatic heterocycles. The molecule has 0 amide bonds. The highest BCUT2D eigenvalue weighted by molar-refractivity contribution is 6.49. The zero-order valence-corrected chi connectivity index (χ0v) is 19.9. The monoisotopic (exact) mass is 535 g/mol. The van der Waals surface area contributed by atoms with Crippen molar-refractivity contribution in [2.75, 3.05) is 25.6 Å². The van der Waals surface area contributed by atoms with Crippen molar-refractivity contribution in [1.29, 1.82) is 0 Å². The third-order valence-electron chi connectivity index (χ3n) is 4.94. The summed E-state index contributed by atoms with van der Waals surface area (Å²) >= 11 is 18.3. The number of rotatable bonds is 10. The van der Waals surface area contributed by atoms with E-state index in [1.54, 1.807) is 18.2 Å². The summed E-state index contributed by atoms with van der Waals surface area (Å²) in [6, 6.07) is 6.20. The van der Waals surface area contributed by atoms with Crippen molar-refractivity contribution in [3.8, 4) is 11.5 Å². The molecular formula is C21H21Cl3FN3O6. The van der Waals surface area contributed by atoms with Crippen LogP contribution in [0, 0.1) is 0 Å². The van der Waals surface area contributed by atoms with Crippen molar-refractivity contribution >= 4 is 57.2 Å². The second-order valence-electron chi connectivity index (χ2n) is 7.11. The molecule has 4 atom stereocenters. The Morgan fingerprint density at radius 3 is 2.38 bits per heavy atom. The molecule has 3 rings (SSSR count). The fourth-order valence-electron chi connectivity index (χ4n) is 3.09. The molecule has 3 aromatic rings. The average molecular weight is 537 g/mol. The number of anilines is 2. The van der Waals surface area contributed by atoms with Gasteiger partial charge in [-0.2, -0.15) is 0 Å². The molecule has 184 valence electrons. The zero-order valence-electron chi connectivity index (χ0n) is 17.6. The number of fused-ring (bicyclic) bond motifs is 1. The summed E-state index contributed by atoms with van der Waals surface area (Å²) in [5.74, 6) is 0.578. The number of halogens is 4. The lowest BCUT2D eigenvalue weighted by molar-refractivity contribution is -0.0981. The molecule has 5 N–H and O–H groups in total. The van der Waals surface area contributed by atoms with Gasteiger partial charge in [0.1, 0.15) is 24.4 Å². The van der Waals surface area contributed by atoms with Crippen molar-refractivity contribution in [3.63, 3.8) is 0 Å². The number of nitrogens with zero attached hydrogens (tertiary/aromatic N) is 2. The summed E-state index contributed by atoms with van der Waals surface area (Å²) in [4.78, 5) is 8.42. The van der Waals surface area contributed by atoms with Gasteiger partial charge in [-0.25, -0.2) is 14.4 Å². The number of aromatic nitrogens is 2. The van der Waals surface area contributed by atoms with Crippen molar-refractivity contribution in [3.05, 3.63) is 45.7 Å². The molecule has 0 radical (unpaired) electrons. The molecule has 2 aromatic carbocycles. The van der Waals surface area contributed by atoms with E-state index in [4.69, 9.17) is 49.4 Å². The minimum Gasteiger partial charge on any atom is -0.493 e. The van der Waals surface area contributed by atoms with Crippen LogP contribution in [-0.4, -0.2) is 75.2 Å². The van der Waals surface area contributed by atoms with E-state index in [1.807, 2.05) is 0 Å². The minimum absolute atomic E-state index is 0.0527. The lowest BCUT2D eigenvalue weighted by Gasteiger charge is -2.28. The second-order valence-corrected chi connectivity index (χ2v) is 8.27. The Balaban J connectivity index is 1.96. The summed E-state index contributed by atoms with van der Waals surface area (Å²) < 4.78 is 24.6. The van der Waals surface area contributed by atoms with Gasteiger partial charge in [0.05, 0.1) is 46.6 Å². The molecule has 13 heteroatoms. The van der Waals surface area contributed by atoms with Gasteiger partial charge < -0.3 is 35.2 Å². The summed E-state index contributed by atoms with van der Waals surface area (Å²) in [5, 5.41) is 42.7. The first kappa shape index (κ1) is 26.4. The van der Waals surface area contributed by atoms with E-state index in [9.17, 15) is 19.7 Å². The number of hydrogen-bond acceptors (Lipinski definition) is 9. The molecule has 0 saturated carbocycles. The number of aliphatic hydroxyl groups is 4. The normalized spacial score (nSPS) is 15.0. The van der Waals surface area contributed by atoms with Crippen molar-refractivity contribution in [1.82, 2.24) is 9.97 Å². The summed E-state index contributed by atoms with van der Waals surface area (Å²) in [7, 11) is 1.36. The average Bonchev–Trinajstić information content (AvgIpc) is 2.85. The van der Waals surface area contributed by atoms with E-state index >= 15 is 0 Å². The van der Waals surface area contributed by atoms with Crippen LogP contribution in [0.1, 0.15) is 0 Å². The topological polar surface area (TPSA) is 137 Å². The minimum atomic E-state index is -2.12. The van der Waals surface area contributed by atoms with Crippen LogP contribution in [0.4, 0.5) is 15.9 Å². The van der Waals surface area contributed by atoms with E-state index in [0.29, 0.717) is 22.4 Å². The maximum atomic E-state index is 13.6. The van der Waals surface area contributed by atoms with Crippen LogP contribution in [0.25, 0.3) is 10.9 Å². The Morgan fingerprint density at radius 2 is 1.74 bits per heavy atom. The molecule has 0 fully saturated rings. The van der Waals surface area contributed by atoms with Crippen LogP contribution < -0.4 is 14.8 Å². The van der Waals surface area contributed by atoms with E-state index in [1.165, 1.54) is 19.5 Å². The third kappa shape index (κ3) is 5.55. The molecule has 0 aliphatic carbocycles. The van der Waals surface area contributed by atoms with Gasteiger partial charge in [-0.05, 0) is 18.2 Å². The molecule has 0 aliphatic rings. The fourth-order valence-corrected chi connectivity index (χ4v) is 3.67. The van der Waals surface area contributed by atoms with Gasteiger partial charge in [0.25, 0.3) is 0 Å². The number of nitrogens with one attached hydrogen (secondary N) is 1. The van der Waals surface area contributed by atoms with Crippen molar-refractivity contribution < 1.29 is 34.3 Å². The molecular weight excluding hydrogens is 516 g/mol. The van der Waals surface area contributed by atoms with Gasteiger partial charge in [0, 0.05) is 11.5 Å². The number of aliphatic hydroxyl groups excluding tert-OH is 4. The van der Waals surface area contributed by atoms with Gasteiger partial charge in [0.2, 0.25) is 0 Å². The first-order valence-corrected chi connectivity index (χ1v) is 11.0. The fraction of sp³-hybridized carbons (Fsp3) is 0.333. The van der Waals surface area contributed by atoms with Crippen molar-refractivity contribution in [2.45, 2.75) is 24.5 Å². The highest BCUT2D eigenvalue weighted by Crippen LogP contribution is 2.39. The summed E-state index contributed by atoms with van der Waals surface area (Å²) in [6.07, 6.45) is -6.10. The highest BCUT2D eigenvalue weighted by Gasteiger charge is 2.34. The Bertz CT molecular complexity index is 1160. The van der Waals surface area contributed by atoms with Gasteiger partial charge in [-0.15, -0.1) is 0 Å². The van der Waals surface area contributed by atoms with Crippen LogP contribution in [0.3, 0.4) is 0 Å². The van der Waals surface area contributed by atoms with Crippen molar-refractivity contribution in [2.24, 2.45) is 0 Å². The molecule has 9 nitrogen and oxygen atoms in total. The lowest BCUT2D eigenvalue weighted by Crippen LogP contribution is -2.48. The summed E-state index contributed by atoms with van der Waals surface area (Å²) in [6.45, 7) is -1.77. The standard InChI is InChI=1S/C21H21Cl3FN3O6/c1-33-14-4-9-13(5-15(14)34-16(7-30)20(32)19(31)11(25)6-29)26-8-27-21(9)28-12-3-2-10(22)17(23)18(12)24/h2-5,8,11,16,19-20,29-32H,6-7H2,1H3,(H,26,27,28)/t11-,16-,19+,20+/m1/s1. The third-order valence-corrected chi connectivity index (χ3v) is 6.24. The predicted molar refractivity (Wildman–Crippen MR) is 126 cm³/mol. The van der Waals surface area contributed by atoms with E-state index in [2.05, 4.69) is 15.3 Å². The Morgan fingerprint density at radius 1 is 1.00 bits per heavy atom. The molecule has 0 saturated heterocycles. The maximum Gasteiger partial charge on any atom is 0.164 e. The zero-order chi connectivity index (χ0) is 25.0. The molecule has 0 spiro atoms. The Kier molecular flexibility index (Phi) is 8.94. The molecule has 34 heavy (non-hydrogen) atoms. The van der Waals surface area contributed by atoms with Crippen LogP contribution in [-0.2, 0) is 0 Å². The van der Waals surface area contributed by atoms with E-state index in [0.717, 1.165) is 0 Å². The number of ether oxygens (including phenoxy) is 2. The number of methoxy groups -OCH3 is 1. The lowest BCUT2D eigenvalue weighted by atomic mass is 10.0. The van der Waals surface area contributed by atoms with Crippen LogP contribution >= 0.6 is 34.8 Å². The second kappa shape index (κ2) is 11.5. The molecule has 1 heterocycles. The van der Waals surface area contributed by atoms with Crippen LogP contribution in [0.5, 0.6) is 11.5 Å². The highest BCUT2D eigenvalue weighted by atomic mass is 35.5. The van der Waals surface area contributed by atoms with Crippen LogP contribution in [0.2, 0.25) is 15.1 Å².